The highest BCUT2D eigenvalue weighted by Crippen LogP contribution is 2.36. The highest BCUT2D eigenvalue weighted by atomic mass is 16.5. The lowest BCUT2D eigenvalue weighted by Crippen LogP contribution is -2.21. The molecule has 6 heteroatoms. The number of ketones is 1. The Morgan fingerprint density at radius 2 is 1.64 bits per heavy atom. The molecule has 1 aliphatic heterocycles. The van der Waals surface area contributed by atoms with Gasteiger partial charge in [0.05, 0.1) is 25.8 Å². The van der Waals surface area contributed by atoms with Crippen molar-refractivity contribution in [2.24, 2.45) is 0 Å². The van der Waals surface area contributed by atoms with Crippen molar-refractivity contribution in [2.75, 3.05) is 14.2 Å². The Labute approximate surface area is 163 Å². The number of hydrogen-bond donors (Lipinski definition) is 2. The lowest BCUT2D eigenvalue weighted by Gasteiger charge is -2.16. The van der Waals surface area contributed by atoms with Crippen molar-refractivity contribution in [1.29, 1.82) is 0 Å². The first kappa shape index (κ1) is 19.5. The highest BCUT2D eigenvalue weighted by molar-refractivity contribution is 6.46. The summed E-state index contributed by atoms with van der Waals surface area (Å²) in [4.78, 5) is 24.5. The number of nitrogens with one attached hydrogen (secondary N) is 1. The van der Waals surface area contributed by atoms with E-state index in [9.17, 15) is 14.7 Å². The van der Waals surface area contributed by atoms with Gasteiger partial charge in [0.2, 0.25) is 0 Å². The molecular formula is C22H23NO5. The van der Waals surface area contributed by atoms with Gasteiger partial charge >= 0.3 is 0 Å². The van der Waals surface area contributed by atoms with E-state index in [-0.39, 0.29) is 11.3 Å². The Morgan fingerprint density at radius 1 is 1.00 bits per heavy atom. The van der Waals surface area contributed by atoms with E-state index in [1.165, 1.54) is 14.2 Å². The van der Waals surface area contributed by atoms with Gasteiger partial charge in [-0.1, -0.05) is 38.1 Å². The molecule has 2 aromatic rings. The van der Waals surface area contributed by atoms with Crippen LogP contribution in [0.5, 0.6) is 11.5 Å². The summed E-state index contributed by atoms with van der Waals surface area (Å²) < 4.78 is 10.5. The number of aliphatic hydroxyl groups is 1. The maximum Gasteiger partial charge on any atom is 0.293 e. The van der Waals surface area contributed by atoms with Crippen LogP contribution in [0.2, 0.25) is 0 Å². The van der Waals surface area contributed by atoms with Gasteiger partial charge in [0.15, 0.2) is 11.5 Å². The molecule has 0 radical (unpaired) electrons. The van der Waals surface area contributed by atoms with Crippen LogP contribution in [0.15, 0.2) is 48.0 Å². The summed E-state index contributed by atoms with van der Waals surface area (Å²) >= 11 is 0. The molecule has 1 saturated heterocycles. The topological polar surface area (TPSA) is 84.9 Å². The SMILES string of the molecule is COc1ccc(C(O)=C2C(=O)C(=O)N[C@H]2c2ccc(C(C)C)cc2)cc1OC. The molecule has 0 bridgehead atoms. The van der Waals surface area contributed by atoms with Crippen LogP contribution in [0.25, 0.3) is 5.76 Å². The zero-order valence-corrected chi connectivity index (χ0v) is 16.3. The van der Waals surface area contributed by atoms with Crippen LogP contribution >= 0.6 is 0 Å². The van der Waals surface area contributed by atoms with Crippen molar-refractivity contribution >= 4 is 17.4 Å². The maximum absolute atomic E-state index is 12.5. The summed E-state index contributed by atoms with van der Waals surface area (Å²) in [6, 6.07) is 11.7. The Morgan fingerprint density at radius 3 is 2.21 bits per heavy atom. The third-order valence-corrected chi connectivity index (χ3v) is 4.86. The number of carbonyl (C=O) groups is 2. The second-order valence-electron chi connectivity index (χ2n) is 6.89. The van der Waals surface area contributed by atoms with Gasteiger partial charge in [0.25, 0.3) is 11.7 Å². The van der Waals surface area contributed by atoms with Gasteiger partial charge in [-0.05, 0) is 35.2 Å². The van der Waals surface area contributed by atoms with E-state index < -0.39 is 17.7 Å². The number of ether oxygens (including phenoxy) is 2. The first-order chi connectivity index (χ1) is 13.4. The molecule has 1 heterocycles. The summed E-state index contributed by atoms with van der Waals surface area (Å²) in [6.07, 6.45) is 0. The average molecular weight is 381 g/mol. The molecular weight excluding hydrogens is 358 g/mol. The number of amides is 1. The Balaban J connectivity index is 2.07. The van der Waals surface area contributed by atoms with Gasteiger partial charge in [-0.2, -0.15) is 0 Å². The molecule has 0 saturated carbocycles. The molecule has 0 spiro atoms. The van der Waals surface area contributed by atoms with E-state index in [1.807, 2.05) is 24.3 Å². The number of carbonyl (C=O) groups excluding carboxylic acids is 2. The molecule has 2 aromatic carbocycles. The van der Waals surface area contributed by atoms with Gasteiger partial charge in [-0.25, -0.2) is 0 Å². The second-order valence-corrected chi connectivity index (χ2v) is 6.89. The van der Waals surface area contributed by atoms with Crippen molar-refractivity contribution in [1.82, 2.24) is 5.32 Å². The highest BCUT2D eigenvalue weighted by Gasteiger charge is 2.39. The van der Waals surface area contributed by atoms with E-state index in [2.05, 4.69) is 19.2 Å². The largest absolute Gasteiger partial charge is 0.507 e. The van der Waals surface area contributed by atoms with Gasteiger partial charge in [-0.15, -0.1) is 0 Å². The van der Waals surface area contributed by atoms with Crippen LogP contribution in [0, 0.1) is 0 Å². The lowest BCUT2D eigenvalue weighted by molar-refractivity contribution is -0.133. The summed E-state index contributed by atoms with van der Waals surface area (Å²) in [5, 5.41) is 13.5. The molecule has 1 amide bonds. The third-order valence-electron chi connectivity index (χ3n) is 4.86. The summed E-state index contributed by atoms with van der Waals surface area (Å²) in [7, 11) is 2.99. The predicted molar refractivity (Wildman–Crippen MR) is 106 cm³/mol. The first-order valence-corrected chi connectivity index (χ1v) is 8.98. The van der Waals surface area contributed by atoms with Gasteiger partial charge in [0, 0.05) is 5.56 Å². The lowest BCUT2D eigenvalue weighted by atomic mass is 9.93. The molecule has 28 heavy (non-hydrogen) atoms. The molecule has 146 valence electrons. The number of rotatable bonds is 5. The normalized spacial score (nSPS) is 18.2. The van der Waals surface area contributed by atoms with Gasteiger partial charge in [0.1, 0.15) is 5.76 Å². The summed E-state index contributed by atoms with van der Waals surface area (Å²) in [5.41, 5.74) is 2.26. The molecule has 1 aliphatic rings. The van der Waals surface area contributed by atoms with Crippen molar-refractivity contribution in [2.45, 2.75) is 25.8 Å². The van der Waals surface area contributed by atoms with E-state index >= 15 is 0 Å². The molecule has 3 rings (SSSR count). The van der Waals surface area contributed by atoms with Crippen LogP contribution in [-0.4, -0.2) is 31.0 Å². The fraction of sp³-hybridized carbons (Fsp3) is 0.273. The average Bonchev–Trinajstić information content (AvgIpc) is 3.01. The van der Waals surface area contributed by atoms with Crippen molar-refractivity contribution in [3.63, 3.8) is 0 Å². The number of Topliss-reactive ketones (excluding diaryl/α,β-unsaturated/α-hetero) is 1. The van der Waals surface area contributed by atoms with Crippen molar-refractivity contribution < 1.29 is 24.2 Å². The number of benzene rings is 2. The van der Waals surface area contributed by atoms with Crippen LogP contribution < -0.4 is 14.8 Å². The molecule has 1 fully saturated rings. The minimum absolute atomic E-state index is 0.0227. The van der Waals surface area contributed by atoms with E-state index in [1.54, 1.807) is 18.2 Å². The predicted octanol–water partition coefficient (Wildman–Crippen LogP) is 3.54. The third kappa shape index (κ3) is 3.45. The Hall–Kier alpha value is -3.28. The van der Waals surface area contributed by atoms with E-state index in [0.29, 0.717) is 23.0 Å². The molecule has 0 unspecified atom stereocenters. The number of aliphatic hydroxyl groups excluding tert-OH is 1. The smallest absolute Gasteiger partial charge is 0.293 e. The maximum atomic E-state index is 12.5. The minimum Gasteiger partial charge on any atom is -0.507 e. The minimum atomic E-state index is -0.745. The zero-order valence-electron chi connectivity index (χ0n) is 16.3. The van der Waals surface area contributed by atoms with Crippen LogP contribution in [-0.2, 0) is 9.59 Å². The van der Waals surface area contributed by atoms with Crippen LogP contribution in [0.3, 0.4) is 0 Å². The monoisotopic (exact) mass is 381 g/mol. The van der Waals surface area contributed by atoms with Crippen molar-refractivity contribution in [3.05, 3.63) is 64.7 Å². The fourth-order valence-corrected chi connectivity index (χ4v) is 3.23. The summed E-state index contributed by atoms with van der Waals surface area (Å²) in [6.45, 7) is 4.17. The first-order valence-electron chi connectivity index (χ1n) is 8.98. The molecule has 0 aromatic heterocycles. The summed E-state index contributed by atoms with van der Waals surface area (Å²) in [5.74, 6) is -0.469. The molecule has 0 aliphatic carbocycles. The van der Waals surface area contributed by atoms with Gasteiger partial charge in [-0.3, -0.25) is 9.59 Å². The van der Waals surface area contributed by atoms with E-state index in [4.69, 9.17) is 9.47 Å². The van der Waals surface area contributed by atoms with E-state index in [0.717, 1.165) is 11.1 Å². The Kier molecular flexibility index (Phi) is 5.40. The molecule has 2 N–H and O–H groups in total. The number of hydrogen-bond acceptors (Lipinski definition) is 5. The Bertz CT molecular complexity index is 944. The standard InChI is InChI=1S/C22H23NO5/c1-12(2)13-5-7-14(8-6-13)19-18(21(25)22(26)23-19)20(24)15-9-10-16(27-3)17(11-15)28-4/h5-12,19,24H,1-4H3,(H,23,26)/t19-/m0/s1. The second kappa shape index (κ2) is 7.76. The molecule has 1 atom stereocenters. The van der Waals surface area contributed by atoms with Crippen molar-refractivity contribution in [3.8, 4) is 11.5 Å². The van der Waals surface area contributed by atoms with Gasteiger partial charge < -0.3 is 19.9 Å². The quantitative estimate of drug-likeness (QED) is 0.470. The van der Waals surface area contributed by atoms with Crippen LogP contribution in [0.4, 0.5) is 0 Å². The zero-order chi connectivity index (χ0) is 20.4. The van der Waals surface area contributed by atoms with Crippen LogP contribution in [0.1, 0.15) is 42.5 Å². The molecule has 6 nitrogen and oxygen atoms in total. The fourth-order valence-electron chi connectivity index (χ4n) is 3.23. The number of methoxy groups -OCH3 is 2.